The van der Waals surface area contributed by atoms with Gasteiger partial charge in [0.15, 0.2) is 0 Å². The maximum atomic E-state index is 12.3. The molecule has 5 heteroatoms. The van der Waals surface area contributed by atoms with Crippen molar-refractivity contribution < 1.29 is 14.3 Å². The first kappa shape index (κ1) is 19.4. The number of ether oxygens (including phenoxy) is 1. The van der Waals surface area contributed by atoms with Crippen molar-refractivity contribution in [2.75, 3.05) is 26.2 Å². The van der Waals surface area contributed by atoms with Crippen LogP contribution in [0.2, 0.25) is 0 Å². The van der Waals surface area contributed by atoms with Crippen LogP contribution in [0.5, 0.6) is 0 Å². The Morgan fingerprint density at radius 2 is 1.84 bits per heavy atom. The molecule has 1 heterocycles. The quantitative estimate of drug-likeness (QED) is 0.912. The van der Waals surface area contributed by atoms with Gasteiger partial charge in [0.1, 0.15) is 0 Å². The van der Waals surface area contributed by atoms with Crippen LogP contribution in [-0.2, 0) is 14.9 Å². The van der Waals surface area contributed by atoms with Crippen LogP contribution in [0.1, 0.15) is 57.0 Å². The Kier molecular flexibility index (Phi) is 5.88. The maximum absolute atomic E-state index is 12.3. The summed E-state index contributed by atoms with van der Waals surface area (Å²) in [5, 5.41) is 2.83. The molecular weight excluding hydrogens is 316 g/mol. The van der Waals surface area contributed by atoms with E-state index >= 15 is 0 Å². The normalized spacial score (nSPS) is 17.2. The Bertz CT molecular complexity index is 615. The van der Waals surface area contributed by atoms with Crippen molar-refractivity contribution in [2.24, 2.45) is 0 Å². The molecule has 0 bridgehead atoms. The van der Waals surface area contributed by atoms with E-state index in [2.05, 4.69) is 26.1 Å². The molecule has 0 aliphatic carbocycles. The monoisotopic (exact) mass is 346 g/mol. The Morgan fingerprint density at radius 3 is 2.40 bits per heavy atom. The molecule has 138 valence electrons. The van der Waals surface area contributed by atoms with Gasteiger partial charge in [-0.15, -0.1) is 0 Å². The molecule has 0 radical (unpaired) electrons. The zero-order valence-electron chi connectivity index (χ0n) is 16.0. The van der Waals surface area contributed by atoms with E-state index in [4.69, 9.17) is 4.74 Å². The molecule has 25 heavy (non-hydrogen) atoms. The van der Waals surface area contributed by atoms with E-state index in [0.717, 1.165) is 0 Å². The van der Waals surface area contributed by atoms with Gasteiger partial charge in [-0.2, -0.15) is 0 Å². The van der Waals surface area contributed by atoms with E-state index in [9.17, 15) is 9.59 Å². The summed E-state index contributed by atoms with van der Waals surface area (Å²) in [7, 11) is 0. The number of amides is 2. The zero-order chi connectivity index (χ0) is 18.7. The van der Waals surface area contributed by atoms with Crippen LogP contribution < -0.4 is 5.32 Å². The highest BCUT2D eigenvalue weighted by Gasteiger charge is 2.29. The average molecular weight is 346 g/mol. The van der Waals surface area contributed by atoms with Crippen LogP contribution in [0, 0.1) is 0 Å². The Balaban J connectivity index is 1.81. The van der Waals surface area contributed by atoms with Gasteiger partial charge >= 0.3 is 0 Å². The molecule has 0 saturated carbocycles. The molecule has 0 unspecified atom stereocenters. The van der Waals surface area contributed by atoms with Gasteiger partial charge in [-0.25, -0.2) is 0 Å². The van der Waals surface area contributed by atoms with E-state index in [-0.39, 0.29) is 22.8 Å². The second kappa shape index (κ2) is 7.56. The van der Waals surface area contributed by atoms with Crippen molar-refractivity contribution in [2.45, 2.75) is 52.1 Å². The largest absolute Gasteiger partial charge is 0.372 e. The molecule has 1 aliphatic heterocycles. The lowest BCUT2D eigenvalue weighted by Crippen LogP contribution is -2.51. The fraction of sp³-hybridized carbons (Fsp3) is 0.600. The number of nitrogens with one attached hydrogen (secondary N) is 1. The van der Waals surface area contributed by atoms with Crippen LogP contribution in [0.25, 0.3) is 0 Å². The summed E-state index contributed by atoms with van der Waals surface area (Å²) in [5.41, 5.74) is 1.57. The number of rotatable bonds is 4. The topological polar surface area (TPSA) is 58.6 Å². The van der Waals surface area contributed by atoms with Crippen LogP contribution in [-0.4, -0.2) is 48.6 Å². The van der Waals surface area contributed by atoms with Gasteiger partial charge in [0, 0.05) is 31.6 Å². The van der Waals surface area contributed by atoms with Gasteiger partial charge in [-0.05, 0) is 37.0 Å². The van der Waals surface area contributed by atoms with E-state index < -0.39 is 0 Å². The van der Waals surface area contributed by atoms with Gasteiger partial charge in [-0.3, -0.25) is 9.59 Å². The molecule has 1 aliphatic rings. The molecule has 1 N–H and O–H groups in total. The molecule has 0 atom stereocenters. The van der Waals surface area contributed by atoms with E-state index in [1.807, 2.05) is 43.0 Å². The predicted octanol–water partition coefficient (Wildman–Crippen LogP) is 2.74. The summed E-state index contributed by atoms with van der Waals surface area (Å²) in [6, 6.07) is 7.64. The summed E-state index contributed by atoms with van der Waals surface area (Å²) in [6.45, 7) is 12.5. The SMILES string of the molecule is CC1(C)CN(C(=O)CCNC(=O)c2ccc(C(C)(C)C)cc2)CCO1. The lowest BCUT2D eigenvalue weighted by molar-refractivity contribution is -0.145. The summed E-state index contributed by atoms with van der Waals surface area (Å²) in [5.74, 6) is -0.0877. The smallest absolute Gasteiger partial charge is 0.251 e. The van der Waals surface area contributed by atoms with Crippen LogP contribution >= 0.6 is 0 Å². The van der Waals surface area contributed by atoms with Crippen molar-refractivity contribution in [3.05, 3.63) is 35.4 Å². The van der Waals surface area contributed by atoms with Crippen molar-refractivity contribution in [3.8, 4) is 0 Å². The van der Waals surface area contributed by atoms with Crippen molar-refractivity contribution in [1.82, 2.24) is 10.2 Å². The van der Waals surface area contributed by atoms with E-state index in [0.29, 0.717) is 38.2 Å². The maximum Gasteiger partial charge on any atom is 0.251 e. The Morgan fingerprint density at radius 1 is 1.20 bits per heavy atom. The second-order valence-corrected chi connectivity index (χ2v) is 8.26. The predicted molar refractivity (Wildman–Crippen MR) is 98.7 cm³/mol. The first-order valence-corrected chi connectivity index (χ1v) is 8.89. The zero-order valence-corrected chi connectivity index (χ0v) is 16.0. The minimum absolute atomic E-state index is 0.0553. The van der Waals surface area contributed by atoms with Gasteiger partial charge in [-0.1, -0.05) is 32.9 Å². The molecule has 2 rings (SSSR count). The lowest BCUT2D eigenvalue weighted by Gasteiger charge is -2.38. The number of hydrogen-bond donors (Lipinski definition) is 1. The molecule has 1 fully saturated rings. The highest BCUT2D eigenvalue weighted by molar-refractivity contribution is 5.94. The molecule has 0 aromatic heterocycles. The first-order chi connectivity index (χ1) is 11.6. The minimum atomic E-state index is -0.300. The highest BCUT2D eigenvalue weighted by Crippen LogP contribution is 2.22. The van der Waals surface area contributed by atoms with Gasteiger partial charge < -0.3 is 15.0 Å². The lowest BCUT2D eigenvalue weighted by atomic mass is 9.87. The number of nitrogens with zero attached hydrogens (tertiary/aromatic N) is 1. The summed E-state index contributed by atoms with van der Waals surface area (Å²) >= 11 is 0. The number of hydrogen-bond acceptors (Lipinski definition) is 3. The fourth-order valence-electron chi connectivity index (χ4n) is 2.89. The molecule has 5 nitrogen and oxygen atoms in total. The van der Waals surface area contributed by atoms with Gasteiger partial charge in [0.05, 0.1) is 12.2 Å². The summed E-state index contributed by atoms with van der Waals surface area (Å²) in [4.78, 5) is 26.3. The Hall–Kier alpha value is -1.88. The number of carbonyl (C=O) groups excluding carboxylic acids is 2. The third-order valence-electron chi connectivity index (χ3n) is 4.42. The molecule has 1 aromatic carbocycles. The van der Waals surface area contributed by atoms with Crippen molar-refractivity contribution >= 4 is 11.8 Å². The van der Waals surface area contributed by atoms with Crippen molar-refractivity contribution in [3.63, 3.8) is 0 Å². The standard InChI is InChI=1S/C20H30N2O3/c1-19(2,3)16-8-6-15(7-9-16)18(24)21-11-10-17(23)22-12-13-25-20(4,5)14-22/h6-9H,10-14H2,1-5H3,(H,21,24). The Labute approximate surface area is 150 Å². The molecule has 1 aromatic rings. The minimum Gasteiger partial charge on any atom is -0.372 e. The number of carbonyl (C=O) groups is 2. The van der Waals surface area contributed by atoms with Crippen molar-refractivity contribution in [1.29, 1.82) is 0 Å². The molecule has 1 saturated heterocycles. The molecule has 2 amide bonds. The van der Waals surface area contributed by atoms with Gasteiger partial charge in [0.2, 0.25) is 5.91 Å². The second-order valence-electron chi connectivity index (χ2n) is 8.26. The van der Waals surface area contributed by atoms with Crippen LogP contribution in [0.4, 0.5) is 0 Å². The summed E-state index contributed by atoms with van der Waals surface area (Å²) in [6.07, 6.45) is 0.307. The molecular formula is C20H30N2O3. The summed E-state index contributed by atoms with van der Waals surface area (Å²) < 4.78 is 5.62. The average Bonchev–Trinajstić information content (AvgIpc) is 2.53. The van der Waals surface area contributed by atoms with Crippen LogP contribution in [0.3, 0.4) is 0 Å². The van der Waals surface area contributed by atoms with Gasteiger partial charge in [0.25, 0.3) is 5.91 Å². The number of morpholine rings is 1. The van der Waals surface area contributed by atoms with E-state index in [1.165, 1.54) is 5.56 Å². The third kappa shape index (κ3) is 5.56. The fourth-order valence-corrected chi connectivity index (χ4v) is 2.89. The van der Waals surface area contributed by atoms with E-state index in [1.54, 1.807) is 0 Å². The highest BCUT2D eigenvalue weighted by atomic mass is 16.5. The first-order valence-electron chi connectivity index (χ1n) is 8.89. The van der Waals surface area contributed by atoms with Crippen LogP contribution in [0.15, 0.2) is 24.3 Å². The molecule has 0 spiro atoms. The number of benzene rings is 1. The third-order valence-corrected chi connectivity index (χ3v) is 4.42.